The molecular formula is C17H19ClN4S. The van der Waals surface area contributed by atoms with E-state index in [1.165, 1.54) is 32.5 Å². The van der Waals surface area contributed by atoms with Crippen molar-refractivity contribution in [3.63, 3.8) is 0 Å². The Morgan fingerprint density at radius 1 is 1.35 bits per heavy atom. The third-order valence-corrected chi connectivity index (χ3v) is 6.78. The average Bonchev–Trinajstić information content (AvgIpc) is 3.14. The summed E-state index contributed by atoms with van der Waals surface area (Å²) in [5.74, 6) is 1.90. The summed E-state index contributed by atoms with van der Waals surface area (Å²) in [6, 6.07) is 5.93. The molecule has 5 heterocycles. The van der Waals surface area contributed by atoms with E-state index in [2.05, 4.69) is 32.7 Å². The first-order valence-electron chi connectivity index (χ1n) is 8.25. The van der Waals surface area contributed by atoms with Gasteiger partial charge in [-0.2, -0.15) is 0 Å². The van der Waals surface area contributed by atoms with Gasteiger partial charge in [0.15, 0.2) is 5.13 Å². The van der Waals surface area contributed by atoms with Gasteiger partial charge in [-0.25, -0.2) is 4.98 Å². The van der Waals surface area contributed by atoms with E-state index in [0.29, 0.717) is 5.02 Å². The van der Waals surface area contributed by atoms with E-state index in [0.717, 1.165) is 33.5 Å². The second kappa shape index (κ2) is 5.10. The van der Waals surface area contributed by atoms with Crippen molar-refractivity contribution < 1.29 is 0 Å². The number of rotatable bonds is 2. The Bertz CT molecular complexity index is 793. The van der Waals surface area contributed by atoms with Crippen LogP contribution in [0.2, 0.25) is 5.02 Å². The highest BCUT2D eigenvalue weighted by Crippen LogP contribution is 2.41. The number of anilines is 1. The number of nitrogens with one attached hydrogen (secondary N) is 2. The molecule has 1 aromatic carbocycles. The lowest BCUT2D eigenvalue weighted by molar-refractivity contribution is 0.0189. The van der Waals surface area contributed by atoms with Crippen molar-refractivity contribution >= 4 is 38.3 Å². The summed E-state index contributed by atoms with van der Waals surface area (Å²) < 4.78 is 1.12. The molecule has 4 aliphatic heterocycles. The molecule has 0 saturated carbocycles. The highest BCUT2D eigenvalue weighted by atomic mass is 35.5. The number of fused-ring (bicyclic) bond motifs is 3. The van der Waals surface area contributed by atoms with Gasteiger partial charge in [-0.05, 0) is 56.5 Å². The topological polar surface area (TPSA) is 40.2 Å². The van der Waals surface area contributed by atoms with Gasteiger partial charge >= 0.3 is 0 Å². The van der Waals surface area contributed by atoms with Gasteiger partial charge in [0.05, 0.1) is 15.3 Å². The Kier molecular flexibility index (Phi) is 3.12. The molecule has 2 N–H and O–H groups in total. The molecule has 3 fully saturated rings. The monoisotopic (exact) mass is 346 g/mol. The van der Waals surface area contributed by atoms with Crippen LogP contribution >= 0.6 is 22.9 Å². The summed E-state index contributed by atoms with van der Waals surface area (Å²) in [5, 5.41) is 8.88. The minimum atomic E-state index is 0.243. The summed E-state index contributed by atoms with van der Waals surface area (Å²) in [7, 11) is 0. The van der Waals surface area contributed by atoms with Crippen LogP contribution in [0.15, 0.2) is 30.1 Å². The molecular weight excluding hydrogens is 328 g/mol. The predicted molar refractivity (Wildman–Crippen MR) is 96.0 cm³/mol. The van der Waals surface area contributed by atoms with E-state index < -0.39 is 0 Å². The molecule has 6 heteroatoms. The summed E-state index contributed by atoms with van der Waals surface area (Å²) in [5.41, 5.74) is 1.13. The van der Waals surface area contributed by atoms with Gasteiger partial charge in [0.2, 0.25) is 0 Å². The normalized spacial score (nSPS) is 32.3. The maximum absolute atomic E-state index is 6.23. The van der Waals surface area contributed by atoms with E-state index in [4.69, 9.17) is 11.6 Å². The summed E-state index contributed by atoms with van der Waals surface area (Å²) in [6.45, 7) is 3.71. The van der Waals surface area contributed by atoms with Crippen LogP contribution in [0.1, 0.15) is 19.3 Å². The van der Waals surface area contributed by atoms with Crippen LogP contribution in [-0.2, 0) is 0 Å². The fraction of sp³-hybridized carbons (Fsp3) is 0.471. The van der Waals surface area contributed by atoms with Crippen molar-refractivity contribution in [3.05, 3.63) is 35.1 Å². The first kappa shape index (κ1) is 14.1. The Morgan fingerprint density at radius 3 is 2.96 bits per heavy atom. The molecule has 2 bridgehead atoms. The SMILES string of the molecule is Clc1cccc2sc(NC3=CC[C@]4(CN5CCC4CC5)N3)nc12. The average molecular weight is 347 g/mol. The number of nitrogens with zero attached hydrogens (tertiary/aromatic N) is 2. The van der Waals surface area contributed by atoms with E-state index in [9.17, 15) is 0 Å². The molecule has 23 heavy (non-hydrogen) atoms. The van der Waals surface area contributed by atoms with Crippen LogP contribution in [0, 0.1) is 5.92 Å². The van der Waals surface area contributed by atoms with Gasteiger partial charge in [-0.3, -0.25) is 0 Å². The van der Waals surface area contributed by atoms with Gasteiger partial charge in [-0.1, -0.05) is 29.0 Å². The Balaban J connectivity index is 1.36. The van der Waals surface area contributed by atoms with Crippen LogP contribution in [0.4, 0.5) is 5.13 Å². The molecule has 2 aromatic rings. The standard InChI is InChI=1S/C17H19ClN4S/c18-12-2-1-3-13-15(12)20-16(23-13)19-14-4-7-17(21-14)10-22-8-5-11(17)6-9-22/h1-4,11,21H,5-10H2,(H,19,20)/t17-/m1/s1. The lowest BCUT2D eigenvalue weighted by Crippen LogP contribution is -2.64. The minimum Gasteiger partial charge on any atom is -0.365 e. The quantitative estimate of drug-likeness (QED) is 0.870. The minimum absolute atomic E-state index is 0.243. The van der Waals surface area contributed by atoms with E-state index in [1.807, 2.05) is 12.1 Å². The third-order valence-electron chi connectivity index (χ3n) is 5.54. The molecule has 120 valence electrons. The maximum Gasteiger partial charge on any atom is 0.189 e. The van der Waals surface area contributed by atoms with E-state index in [-0.39, 0.29) is 5.54 Å². The zero-order valence-corrected chi connectivity index (χ0v) is 14.4. The Morgan fingerprint density at radius 2 is 2.22 bits per heavy atom. The number of benzene rings is 1. The van der Waals surface area contributed by atoms with E-state index >= 15 is 0 Å². The highest BCUT2D eigenvalue weighted by molar-refractivity contribution is 7.22. The second-order valence-corrected chi connectivity index (χ2v) is 8.32. The molecule has 0 aliphatic carbocycles. The van der Waals surface area contributed by atoms with Crippen LogP contribution in [0.5, 0.6) is 0 Å². The molecule has 0 unspecified atom stereocenters. The van der Waals surface area contributed by atoms with Crippen molar-refractivity contribution in [3.8, 4) is 0 Å². The lowest BCUT2D eigenvalue weighted by atomic mass is 9.72. The summed E-state index contributed by atoms with van der Waals surface area (Å²) in [6.07, 6.45) is 6.06. The molecule has 0 radical (unpaired) electrons. The smallest absolute Gasteiger partial charge is 0.189 e. The number of hydrogen-bond acceptors (Lipinski definition) is 5. The maximum atomic E-state index is 6.23. The van der Waals surface area contributed by atoms with Crippen molar-refractivity contribution in [2.24, 2.45) is 5.92 Å². The van der Waals surface area contributed by atoms with Gasteiger partial charge in [0, 0.05) is 6.54 Å². The third kappa shape index (κ3) is 2.25. The van der Waals surface area contributed by atoms with Gasteiger partial charge in [0.1, 0.15) is 11.3 Å². The number of para-hydroxylation sites is 1. The lowest BCUT2D eigenvalue weighted by Gasteiger charge is -2.52. The number of halogens is 1. The fourth-order valence-corrected chi connectivity index (χ4v) is 5.54. The number of hydrogen-bond donors (Lipinski definition) is 2. The zero-order valence-electron chi connectivity index (χ0n) is 12.8. The van der Waals surface area contributed by atoms with Gasteiger partial charge in [-0.15, -0.1) is 0 Å². The molecule has 4 nitrogen and oxygen atoms in total. The van der Waals surface area contributed by atoms with Crippen molar-refractivity contribution in [1.82, 2.24) is 15.2 Å². The Labute approximate surface area is 144 Å². The van der Waals surface area contributed by atoms with Crippen molar-refractivity contribution in [2.75, 3.05) is 25.0 Å². The summed E-state index contributed by atoms with van der Waals surface area (Å²) >= 11 is 7.88. The van der Waals surface area contributed by atoms with Gasteiger partial charge < -0.3 is 15.5 Å². The molecule has 0 amide bonds. The van der Waals surface area contributed by atoms with E-state index in [1.54, 1.807) is 11.3 Å². The van der Waals surface area contributed by atoms with Crippen LogP contribution in [-0.4, -0.2) is 35.1 Å². The number of piperidine rings is 3. The van der Waals surface area contributed by atoms with Crippen molar-refractivity contribution in [1.29, 1.82) is 0 Å². The summed E-state index contributed by atoms with van der Waals surface area (Å²) in [4.78, 5) is 7.24. The Hall–Kier alpha value is -1.30. The van der Waals surface area contributed by atoms with Crippen LogP contribution in [0.25, 0.3) is 10.2 Å². The van der Waals surface area contributed by atoms with Crippen LogP contribution < -0.4 is 10.6 Å². The number of aromatic nitrogens is 1. The molecule has 6 rings (SSSR count). The predicted octanol–water partition coefficient (Wildman–Crippen LogP) is 3.66. The largest absolute Gasteiger partial charge is 0.365 e. The molecule has 1 aromatic heterocycles. The number of thiazole rings is 1. The molecule has 1 atom stereocenters. The van der Waals surface area contributed by atoms with Gasteiger partial charge in [0.25, 0.3) is 0 Å². The highest BCUT2D eigenvalue weighted by Gasteiger charge is 2.48. The zero-order chi connectivity index (χ0) is 15.4. The fourth-order valence-electron chi connectivity index (χ4n) is 4.36. The second-order valence-electron chi connectivity index (χ2n) is 6.88. The first-order valence-corrected chi connectivity index (χ1v) is 9.44. The molecule has 4 aliphatic rings. The first-order chi connectivity index (χ1) is 11.2. The molecule has 3 saturated heterocycles. The molecule has 1 spiro atoms. The van der Waals surface area contributed by atoms with Crippen molar-refractivity contribution in [2.45, 2.75) is 24.8 Å². The van der Waals surface area contributed by atoms with Crippen LogP contribution in [0.3, 0.4) is 0 Å².